The number of halogens is 6. The van der Waals surface area contributed by atoms with Gasteiger partial charge in [-0.2, -0.15) is 31.4 Å². The molecule has 7 nitrogen and oxygen atoms in total. The molecule has 3 aliphatic rings. The fourth-order valence-corrected chi connectivity index (χ4v) is 5.13. The third kappa shape index (κ3) is 5.03. The van der Waals surface area contributed by atoms with Crippen molar-refractivity contribution in [3.8, 4) is 5.75 Å². The van der Waals surface area contributed by atoms with Crippen molar-refractivity contribution in [1.82, 2.24) is 15.2 Å². The van der Waals surface area contributed by atoms with Crippen LogP contribution in [0.3, 0.4) is 0 Å². The molecule has 38 heavy (non-hydrogen) atoms. The van der Waals surface area contributed by atoms with Crippen LogP contribution in [0.25, 0.3) is 10.9 Å². The number of nitrogens with zero attached hydrogens (tertiary/aromatic N) is 4. The molecule has 2 bridgehead atoms. The predicted molar refractivity (Wildman–Crippen MR) is 127 cm³/mol. The summed E-state index contributed by atoms with van der Waals surface area (Å²) < 4.78 is 88.1. The van der Waals surface area contributed by atoms with Gasteiger partial charge in [-0.1, -0.05) is 0 Å². The summed E-state index contributed by atoms with van der Waals surface area (Å²) in [6.07, 6.45) is -7.86. The second-order valence-electron chi connectivity index (χ2n) is 9.85. The predicted octanol–water partition coefficient (Wildman–Crippen LogP) is 5.86. The standard InChI is InChI=1S/C25H25F6N5O2/c1-12(15-5-16(24(26,27)28)7-18(37)6-15)32-23-19-8-20(36-9-14-3-4-17(36)11-38-10-14)22(25(29,30)31)33-21(19)13(2)34-35-23/h5-8,12,14,17,37H,3-4,9-11H2,1-2H3,(H,32,35)/t12-,14?,17?/m1/s1. The normalized spacial score (nSPS) is 21.0. The third-order valence-corrected chi connectivity index (χ3v) is 7.07. The number of aryl methyl sites for hydroxylation is 1. The summed E-state index contributed by atoms with van der Waals surface area (Å²) in [5.74, 6) is -0.414. The molecule has 3 aliphatic heterocycles. The molecule has 5 heterocycles. The van der Waals surface area contributed by atoms with Gasteiger partial charge >= 0.3 is 12.4 Å². The Morgan fingerprint density at radius 2 is 1.79 bits per heavy atom. The summed E-state index contributed by atoms with van der Waals surface area (Å²) in [4.78, 5) is 5.70. The van der Waals surface area contributed by atoms with Crippen molar-refractivity contribution in [3.05, 3.63) is 46.8 Å². The maximum Gasteiger partial charge on any atom is 0.435 e. The van der Waals surface area contributed by atoms with E-state index < -0.39 is 35.4 Å². The molecule has 0 amide bonds. The first-order valence-corrected chi connectivity index (χ1v) is 12.1. The van der Waals surface area contributed by atoms with Crippen molar-refractivity contribution in [1.29, 1.82) is 0 Å². The van der Waals surface area contributed by atoms with Gasteiger partial charge in [-0.3, -0.25) is 0 Å². The Hall–Kier alpha value is -3.35. The number of ether oxygens (including phenoxy) is 1. The topological polar surface area (TPSA) is 83.4 Å². The van der Waals surface area contributed by atoms with E-state index in [-0.39, 0.29) is 45.6 Å². The van der Waals surface area contributed by atoms with Crippen molar-refractivity contribution >= 4 is 22.4 Å². The van der Waals surface area contributed by atoms with Gasteiger partial charge in [0.25, 0.3) is 0 Å². The fourth-order valence-electron chi connectivity index (χ4n) is 5.13. The summed E-state index contributed by atoms with van der Waals surface area (Å²) in [6, 6.07) is 3.01. The highest BCUT2D eigenvalue weighted by Gasteiger charge is 2.41. The number of aromatic nitrogens is 3. The van der Waals surface area contributed by atoms with Crippen LogP contribution in [-0.2, 0) is 17.1 Å². The maximum absolute atomic E-state index is 14.2. The van der Waals surface area contributed by atoms with Gasteiger partial charge in [-0.25, -0.2) is 4.98 Å². The van der Waals surface area contributed by atoms with Gasteiger partial charge in [0.05, 0.1) is 47.8 Å². The molecule has 13 heteroatoms. The molecule has 0 saturated carbocycles. The number of benzene rings is 1. The summed E-state index contributed by atoms with van der Waals surface area (Å²) >= 11 is 0. The maximum atomic E-state index is 14.2. The SMILES string of the molecule is Cc1nnc(N[C@H](C)c2cc(O)cc(C(F)(F)F)c2)c2cc(N3CC4CCC3COC4)c(C(F)(F)F)nc12. The van der Waals surface area contributed by atoms with E-state index in [0.29, 0.717) is 32.2 Å². The van der Waals surface area contributed by atoms with E-state index in [2.05, 4.69) is 20.5 Å². The van der Waals surface area contributed by atoms with Crippen LogP contribution >= 0.6 is 0 Å². The molecule has 3 saturated heterocycles. The number of phenolic OH excluding ortho intramolecular Hbond substituents is 1. The molecule has 204 valence electrons. The van der Waals surface area contributed by atoms with E-state index in [1.165, 1.54) is 19.1 Å². The third-order valence-electron chi connectivity index (χ3n) is 7.07. The van der Waals surface area contributed by atoms with Crippen LogP contribution < -0.4 is 10.2 Å². The number of pyridine rings is 1. The molecular formula is C25H25F6N5O2. The Kier molecular flexibility index (Phi) is 6.52. The number of nitrogens with one attached hydrogen (secondary N) is 1. The summed E-state index contributed by atoms with van der Waals surface area (Å²) in [6.45, 7) is 4.21. The van der Waals surface area contributed by atoms with E-state index in [1.54, 1.807) is 11.8 Å². The van der Waals surface area contributed by atoms with E-state index >= 15 is 0 Å². The lowest BCUT2D eigenvalue weighted by molar-refractivity contribution is -0.140. The average molecular weight is 541 g/mol. The second-order valence-corrected chi connectivity index (χ2v) is 9.85. The van der Waals surface area contributed by atoms with Crippen molar-refractivity contribution in [2.75, 3.05) is 30.0 Å². The first-order valence-electron chi connectivity index (χ1n) is 12.1. The van der Waals surface area contributed by atoms with Crippen molar-refractivity contribution in [3.63, 3.8) is 0 Å². The van der Waals surface area contributed by atoms with E-state index in [0.717, 1.165) is 12.5 Å². The number of hydrogen-bond donors (Lipinski definition) is 2. The Morgan fingerprint density at radius 1 is 1.03 bits per heavy atom. The summed E-state index contributed by atoms with van der Waals surface area (Å²) in [7, 11) is 0. The van der Waals surface area contributed by atoms with E-state index in [9.17, 15) is 31.4 Å². The number of hydrogen-bond acceptors (Lipinski definition) is 7. The minimum absolute atomic E-state index is 0.0195. The number of phenols is 1. The number of alkyl halides is 6. The van der Waals surface area contributed by atoms with Crippen LogP contribution in [0.1, 0.15) is 48.3 Å². The molecule has 2 aromatic heterocycles. The van der Waals surface area contributed by atoms with Crippen LogP contribution in [0.5, 0.6) is 5.75 Å². The lowest BCUT2D eigenvalue weighted by Crippen LogP contribution is -2.44. The van der Waals surface area contributed by atoms with Crippen molar-refractivity contribution < 1.29 is 36.2 Å². The summed E-state index contributed by atoms with van der Waals surface area (Å²) in [5, 5.41) is 21.1. The van der Waals surface area contributed by atoms with Crippen molar-refractivity contribution in [2.45, 2.75) is 51.1 Å². The quantitative estimate of drug-likeness (QED) is 0.400. The van der Waals surface area contributed by atoms with Gasteiger partial charge < -0.3 is 20.1 Å². The Labute approximate surface area is 213 Å². The van der Waals surface area contributed by atoms with Gasteiger partial charge in [0.1, 0.15) is 5.75 Å². The zero-order valence-electron chi connectivity index (χ0n) is 20.5. The lowest BCUT2D eigenvalue weighted by atomic mass is 9.94. The molecule has 3 atom stereocenters. The molecular weight excluding hydrogens is 516 g/mol. The van der Waals surface area contributed by atoms with Gasteiger partial charge in [0.15, 0.2) is 11.5 Å². The molecule has 0 spiro atoms. The zero-order valence-corrected chi connectivity index (χ0v) is 20.5. The minimum atomic E-state index is -4.73. The molecule has 2 N–H and O–H groups in total. The molecule has 0 aliphatic carbocycles. The number of anilines is 2. The Bertz CT molecular complexity index is 1360. The van der Waals surface area contributed by atoms with Crippen LogP contribution in [-0.4, -0.2) is 46.1 Å². The Balaban J connectivity index is 1.60. The largest absolute Gasteiger partial charge is 0.508 e. The monoisotopic (exact) mass is 541 g/mol. The number of fused-ring (bicyclic) bond motifs is 5. The van der Waals surface area contributed by atoms with Gasteiger partial charge in [0, 0.05) is 11.9 Å². The fraction of sp³-hybridized carbons (Fsp3) is 0.480. The highest BCUT2D eigenvalue weighted by molar-refractivity contribution is 5.93. The first-order chi connectivity index (χ1) is 17.8. The summed E-state index contributed by atoms with van der Waals surface area (Å²) in [5.41, 5.74) is -1.89. The number of aromatic hydroxyl groups is 1. The molecule has 3 fully saturated rings. The lowest BCUT2D eigenvalue weighted by Gasteiger charge is -2.38. The molecule has 3 aromatic rings. The minimum Gasteiger partial charge on any atom is -0.508 e. The van der Waals surface area contributed by atoms with Gasteiger partial charge in [-0.15, -0.1) is 5.10 Å². The molecule has 0 radical (unpaired) electrons. The van der Waals surface area contributed by atoms with Crippen LogP contribution in [0.2, 0.25) is 0 Å². The van der Waals surface area contributed by atoms with Gasteiger partial charge in [0.2, 0.25) is 0 Å². The van der Waals surface area contributed by atoms with E-state index in [1.807, 2.05) is 0 Å². The van der Waals surface area contributed by atoms with Crippen LogP contribution in [0.4, 0.5) is 37.8 Å². The molecule has 6 rings (SSSR count). The van der Waals surface area contributed by atoms with Crippen molar-refractivity contribution in [2.24, 2.45) is 5.92 Å². The molecule has 1 aromatic carbocycles. The highest BCUT2D eigenvalue weighted by atomic mass is 19.4. The first kappa shape index (κ1) is 26.3. The van der Waals surface area contributed by atoms with E-state index in [4.69, 9.17) is 4.74 Å². The van der Waals surface area contributed by atoms with Gasteiger partial charge in [-0.05, 0) is 62.4 Å². The number of rotatable bonds is 4. The number of piperidine rings is 1. The zero-order chi connectivity index (χ0) is 27.4. The molecule has 2 unspecified atom stereocenters. The second kappa shape index (κ2) is 9.44. The van der Waals surface area contributed by atoms with Crippen LogP contribution in [0.15, 0.2) is 24.3 Å². The van der Waals surface area contributed by atoms with Crippen LogP contribution in [0, 0.1) is 12.8 Å². The smallest absolute Gasteiger partial charge is 0.435 e. The highest BCUT2D eigenvalue weighted by Crippen LogP contribution is 2.42. The Morgan fingerprint density at radius 3 is 2.50 bits per heavy atom. The average Bonchev–Trinajstić information content (AvgIpc) is 3.19.